The normalized spacial score (nSPS) is 20.6. The van der Waals surface area contributed by atoms with Crippen molar-refractivity contribution >= 4 is 22.4 Å². The molecule has 1 atom stereocenters. The van der Waals surface area contributed by atoms with Crippen LogP contribution < -0.4 is 16.0 Å². The van der Waals surface area contributed by atoms with Gasteiger partial charge in [0.2, 0.25) is 0 Å². The highest BCUT2D eigenvalue weighted by Gasteiger charge is 2.22. The summed E-state index contributed by atoms with van der Waals surface area (Å²) in [5.74, 6) is 0. The van der Waals surface area contributed by atoms with Crippen LogP contribution in [0.4, 0.5) is 9.80 Å². The molecule has 3 heterocycles. The molecule has 1 saturated heterocycles. The summed E-state index contributed by atoms with van der Waals surface area (Å²) < 4.78 is 5.46. The number of carbonyl (C=O) groups excluding carboxylic acids is 1. The van der Waals surface area contributed by atoms with Crippen LogP contribution in [0.2, 0.25) is 0 Å². The van der Waals surface area contributed by atoms with Crippen molar-refractivity contribution in [2.24, 2.45) is 0 Å². The summed E-state index contributed by atoms with van der Waals surface area (Å²) in [6.45, 7) is 2.94. The highest BCUT2D eigenvalue weighted by Crippen LogP contribution is 2.34. The second-order valence-electron chi connectivity index (χ2n) is 5.22. The lowest BCUT2D eigenvalue weighted by Crippen LogP contribution is -2.35. The van der Waals surface area contributed by atoms with Crippen LogP contribution in [0.25, 0.3) is 0 Å². The fraction of sp³-hybridized carbons (Fsp3) is 0.571. The van der Waals surface area contributed by atoms with Crippen molar-refractivity contribution in [3.63, 3.8) is 0 Å². The van der Waals surface area contributed by atoms with E-state index in [2.05, 4.69) is 22.0 Å². The monoisotopic (exact) mass is 306 g/mol. The maximum absolute atomic E-state index is 12.0. The molecule has 1 aromatic heterocycles. The molecule has 0 spiro atoms. The average Bonchev–Trinajstić information content (AvgIpc) is 3.12. The van der Waals surface area contributed by atoms with Gasteiger partial charge in [-0.25, -0.2) is 4.79 Å². The first-order chi connectivity index (χ1) is 10.3. The van der Waals surface area contributed by atoms with Crippen LogP contribution in [0.1, 0.15) is 28.8 Å². The minimum atomic E-state index is -0.270. The van der Waals surface area contributed by atoms with E-state index < -0.39 is 0 Å². The molecule has 1 fully saturated rings. The lowest BCUT2D eigenvalue weighted by molar-refractivity contribution is 0.112. The average molecular weight is 306 g/mol. The van der Waals surface area contributed by atoms with Gasteiger partial charge in [-0.05, 0) is 31.4 Å². The van der Waals surface area contributed by atoms with Crippen molar-refractivity contribution in [3.05, 3.63) is 16.0 Å². The fourth-order valence-electron chi connectivity index (χ4n) is 2.70. The largest absolute Gasteiger partial charge is 0.376 e. The van der Waals surface area contributed by atoms with Gasteiger partial charge in [0, 0.05) is 24.6 Å². The SMILES string of the molecule is N#Cc1c(NC(=O)NCC2CCCO2)sc2c1CCNC2. The van der Waals surface area contributed by atoms with Crippen LogP contribution >= 0.6 is 11.3 Å². The molecular formula is C14H18N4O2S. The Hall–Kier alpha value is -1.62. The number of hydrogen-bond acceptors (Lipinski definition) is 5. The Labute approximate surface area is 127 Å². The minimum absolute atomic E-state index is 0.118. The Morgan fingerprint density at radius 3 is 3.24 bits per heavy atom. The summed E-state index contributed by atoms with van der Waals surface area (Å²) in [5, 5.41) is 18.9. The topological polar surface area (TPSA) is 86.2 Å². The molecule has 2 aliphatic heterocycles. The Balaban J connectivity index is 1.62. The zero-order valence-electron chi connectivity index (χ0n) is 11.7. The zero-order valence-corrected chi connectivity index (χ0v) is 12.5. The molecule has 0 bridgehead atoms. The van der Waals surface area contributed by atoms with Gasteiger partial charge in [-0.1, -0.05) is 0 Å². The lowest BCUT2D eigenvalue weighted by Gasteiger charge is -2.12. The van der Waals surface area contributed by atoms with E-state index in [-0.39, 0.29) is 12.1 Å². The molecule has 3 rings (SSSR count). The molecule has 3 N–H and O–H groups in total. The third-order valence-electron chi connectivity index (χ3n) is 3.78. The number of urea groups is 1. The van der Waals surface area contributed by atoms with Gasteiger partial charge in [0.15, 0.2) is 0 Å². The zero-order chi connectivity index (χ0) is 14.7. The maximum atomic E-state index is 12.0. The van der Waals surface area contributed by atoms with Gasteiger partial charge >= 0.3 is 6.03 Å². The standard InChI is InChI=1S/C14H18N4O2S/c15-6-11-10-3-4-16-8-12(10)21-13(11)18-14(19)17-7-9-2-1-5-20-9/h9,16H,1-5,7-8H2,(H2,17,18,19). The number of fused-ring (bicyclic) bond motifs is 1. The number of ether oxygens (including phenoxy) is 1. The first-order valence-corrected chi connectivity index (χ1v) is 8.01. The summed E-state index contributed by atoms with van der Waals surface area (Å²) in [6.07, 6.45) is 3.00. The van der Waals surface area contributed by atoms with E-state index >= 15 is 0 Å². The van der Waals surface area contributed by atoms with Crippen LogP contribution in [-0.4, -0.2) is 31.8 Å². The molecule has 2 aliphatic rings. The Morgan fingerprint density at radius 1 is 1.57 bits per heavy atom. The molecule has 0 radical (unpaired) electrons. The molecule has 2 amide bonds. The van der Waals surface area contributed by atoms with Crippen molar-refractivity contribution in [3.8, 4) is 6.07 Å². The number of nitrogens with zero attached hydrogens (tertiary/aromatic N) is 1. The highest BCUT2D eigenvalue weighted by molar-refractivity contribution is 7.16. The van der Waals surface area contributed by atoms with Gasteiger partial charge in [0.25, 0.3) is 0 Å². The third-order valence-corrected chi connectivity index (χ3v) is 4.93. The van der Waals surface area contributed by atoms with Crippen molar-refractivity contribution in [2.75, 3.05) is 25.0 Å². The quantitative estimate of drug-likeness (QED) is 0.791. The molecule has 21 heavy (non-hydrogen) atoms. The van der Waals surface area contributed by atoms with Gasteiger partial charge < -0.3 is 15.4 Å². The number of nitrogens with one attached hydrogen (secondary N) is 3. The maximum Gasteiger partial charge on any atom is 0.319 e. The third kappa shape index (κ3) is 3.18. The van der Waals surface area contributed by atoms with E-state index in [1.165, 1.54) is 11.3 Å². The van der Waals surface area contributed by atoms with Crippen LogP contribution in [0.15, 0.2) is 0 Å². The molecule has 7 heteroatoms. The molecule has 1 unspecified atom stereocenters. The second-order valence-corrected chi connectivity index (χ2v) is 6.32. The summed E-state index contributed by atoms with van der Waals surface area (Å²) in [4.78, 5) is 13.1. The van der Waals surface area contributed by atoms with Crippen LogP contribution in [0.5, 0.6) is 0 Å². The number of thiophene rings is 1. The van der Waals surface area contributed by atoms with Gasteiger partial charge in [-0.2, -0.15) is 5.26 Å². The summed E-state index contributed by atoms with van der Waals surface area (Å²) in [7, 11) is 0. The number of nitriles is 1. The van der Waals surface area contributed by atoms with Crippen molar-refractivity contribution in [2.45, 2.75) is 31.9 Å². The van der Waals surface area contributed by atoms with Crippen molar-refractivity contribution < 1.29 is 9.53 Å². The number of hydrogen-bond donors (Lipinski definition) is 3. The van der Waals surface area contributed by atoms with Crippen molar-refractivity contribution in [1.82, 2.24) is 10.6 Å². The van der Waals surface area contributed by atoms with Crippen LogP contribution in [0.3, 0.4) is 0 Å². The Kier molecular flexibility index (Phi) is 4.39. The van der Waals surface area contributed by atoms with E-state index in [1.54, 1.807) is 0 Å². The predicted molar refractivity (Wildman–Crippen MR) is 80.4 cm³/mol. The molecule has 0 saturated carbocycles. The number of carbonyl (C=O) groups is 1. The van der Waals surface area contributed by atoms with Gasteiger partial charge in [-0.15, -0.1) is 11.3 Å². The van der Waals surface area contributed by atoms with Crippen LogP contribution in [-0.2, 0) is 17.7 Å². The fourth-order valence-corrected chi connectivity index (χ4v) is 3.86. The van der Waals surface area contributed by atoms with E-state index in [4.69, 9.17) is 4.74 Å². The number of rotatable bonds is 3. The molecule has 0 aromatic carbocycles. The van der Waals surface area contributed by atoms with Gasteiger partial charge in [0.05, 0.1) is 11.7 Å². The molecule has 1 aromatic rings. The summed E-state index contributed by atoms with van der Waals surface area (Å²) in [5.41, 5.74) is 1.69. The van der Waals surface area contributed by atoms with E-state index in [9.17, 15) is 10.1 Å². The van der Waals surface area contributed by atoms with E-state index in [0.29, 0.717) is 17.1 Å². The first-order valence-electron chi connectivity index (χ1n) is 7.19. The summed E-state index contributed by atoms with van der Waals surface area (Å²) in [6, 6.07) is 1.95. The first kappa shape index (κ1) is 14.3. The predicted octanol–water partition coefficient (Wildman–Crippen LogP) is 1.57. The summed E-state index contributed by atoms with van der Waals surface area (Å²) >= 11 is 1.48. The lowest BCUT2D eigenvalue weighted by atomic mass is 10.1. The highest BCUT2D eigenvalue weighted by atomic mass is 32.1. The van der Waals surface area contributed by atoms with Crippen LogP contribution in [0, 0.1) is 11.3 Å². The molecule has 6 nitrogen and oxygen atoms in total. The number of anilines is 1. The molecular weight excluding hydrogens is 288 g/mol. The van der Waals surface area contributed by atoms with Crippen molar-refractivity contribution in [1.29, 1.82) is 5.26 Å². The molecule has 112 valence electrons. The van der Waals surface area contributed by atoms with Gasteiger partial charge in [-0.3, -0.25) is 5.32 Å². The number of amides is 2. The minimum Gasteiger partial charge on any atom is -0.376 e. The smallest absolute Gasteiger partial charge is 0.319 e. The molecule has 0 aliphatic carbocycles. The van der Waals surface area contributed by atoms with E-state index in [0.717, 1.165) is 49.4 Å². The Morgan fingerprint density at radius 2 is 2.48 bits per heavy atom. The second kappa shape index (κ2) is 6.43. The van der Waals surface area contributed by atoms with E-state index in [1.807, 2.05) is 0 Å². The van der Waals surface area contributed by atoms with Gasteiger partial charge in [0.1, 0.15) is 11.1 Å². The Bertz CT molecular complexity index is 572.